The van der Waals surface area contributed by atoms with Crippen LogP contribution in [0.3, 0.4) is 0 Å². The second kappa shape index (κ2) is 8.17. The first-order valence-corrected chi connectivity index (χ1v) is 7.69. The molecule has 0 aliphatic rings. The summed E-state index contributed by atoms with van der Waals surface area (Å²) >= 11 is 1.74. The number of rotatable bonds is 6. The summed E-state index contributed by atoms with van der Waals surface area (Å²) in [7, 11) is 0. The summed E-state index contributed by atoms with van der Waals surface area (Å²) in [6.45, 7) is 12.0. The number of hydrogen-bond donors (Lipinski definition) is 3. The molecule has 0 spiro atoms. The van der Waals surface area contributed by atoms with E-state index in [0.717, 1.165) is 32.1 Å². The van der Waals surface area contributed by atoms with Crippen molar-refractivity contribution in [1.29, 1.82) is 0 Å². The lowest BCUT2D eigenvalue weighted by Crippen LogP contribution is -2.44. The van der Waals surface area contributed by atoms with Crippen molar-refractivity contribution in [2.75, 3.05) is 19.6 Å². The van der Waals surface area contributed by atoms with Gasteiger partial charge < -0.3 is 16.0 Å². The van der Waals surface area contributed by atoms with Crippen molar-refractivity contribution in [3.05, 3.63) is 22.4 Å². The molecule has 19 heavy (non-hydrogen) atoms. The van der Waals surface area contributed by atoms with Crippen LogP contribution in [0.2, 0.25) is 0 Å². The highest BCUT2D eigenvalue weighted by Crippen LogP contribution is 2.09. The first-order chi connectivity index (χ1) is 9.01. The third-order valence-corrected chi connectivity index (χ3v) is 3.25. The minimum absolute atomic E-state index is 0.161. The van der Waals surface area contributed by atoms with Gasteiger partial charge in [0, 0.05) is 30.1 Å². The number of nitrogens with zero attached hydrogens (tertiary/aromatic N) is 1. The third-order valence-electron chi connectivity index (χ3n) is 2.39. The van der Waals surface area contributed by atoms with Gasteiger partial charge in [-0.15, -0.1) is 11.3 Å². The van der Waals surface area contributed by atoms with Crippen molar-refractivity contribution in [2.24, 2.45) is 4.99 Å². The van der Waals surface area contributed by atoms with Crippen LogP contribution >= 0.6 is 11.3 Å². The van der Waals surface area contributed by atoms with E-state index in [1.165, 1.54) is 4.88 Å². The first-order valence-electron chi connectivity index (χ1n) is 6.81. The van der Waals surface area contributed by atoms with E-state index < -0.39 is 0 Å². The Kier molecular flexibility index (Phi) is 6.87. The predicted molar refractivity (Wildman–Crippen MR) is 84.9 cm³/mol. The van der Waals surface area contributed by atoms with Crippen molar-refractivity contribution in [1.82, 2.24) is 16.0 Å². The molecule has 1 rings (SSSR count). The Balaban J connectivity index is 2.33. The van der Waals surface area contributed by atoms with Gasteiger partial charge in [-0.05, 0) is 39.1 Å². The fraction of sp³-hybridized carbons (Fsp3) is 0.643. The van der Waals surface area contributed by atoms with Gasteiger partial charge in [-0.1, -0.05) is 6.07 Å². The Morgan fingerprint density at radius 1 is 1.26 bits per heavy atom. The quantitative estimate of drug-likeness (QED) is 0.426. The maximum atomic E-state index is 4.57. The van der Waals surface area contributed by atoms with Crippen LogP contribution in [-0.4, -0.2) is 31.1 Å². The Morgan fingerprint density at radius 2 is 2.05 bits per heavy atom. The molecule has 5 heteroatoms. The minimum atomic E-state index is 0.161. The average Bonchev–Trinajstić information content (AvgIpc) is 2.83. The topological polar surface area (TPSA) is 48.5 Å². The summed E-state index contributed by atoms with van der Waals surface area (Å²) in [5.74, 6) is 0.881. The number of nitrogens with one attached hydrogen (secondary N) is 3. The fourth-order valence-electron chi connectivity index (χ4n) is 1.52. The Hall–Kier alpha value is -1.07. The molecule has 0 aromatic carbocycles. The Morgan fingerprint density at radius 3 is 2.63 bits per heavy atom. The monoisotopic (exact) mass is 282 g/mol. The molecule has 0 atom stereocenters. The molecule has 0 fully saturated rings. The van der Waals surface area contributed by atoms with Crippen LogP contribution in [0.5, 0.6) is 0 Å². The van der Waals surface area contributed by atoms with Crippen LogP contribution < -0.4 is 16.0 Å². The molecule has 0 aliphatic heterocycles. The van der Waals surface area contributed by atoms with E-state index >= 15 is 0 Å². The molecule has 0 aliphatic carbocycles. The number of guanidine groups is 1. The first kappa shape index (κ1) is 16.0. The van der Waals surface area contributed by atoms with Gasteiger partial charge in [0.2, 0.25) is 0 Å². The number of hydrogen-bond acceptors (Lipinski definition) is 3. The van der Waals surface area contributed by atoms with Gasteiger partial charge in [0.15, 0.2) is 5.96 Å². The molecule has 1 aromatic heterocycles. The smallest absolute Gasteiger partial charge is 0.191 e. The maximum Gasteiger partial charge on any atom is 0.191 e. The highest BCUT2D eigenvalue weighted by molar-refractivity contribution is 7.09. The minimum Gasteiger partial charge on any atom is -0.357 e. The third kappa shape index (κ3) is 7.85. The molecular weight excluding hydrogens is 256 g/mol. The predicted octanol–water partition coefficient (Wildman–Crippen LogP) is 2.19. The zero-order valence-electron chi connectivity index (χ0n) is 12.4. The standard InChI is InChI=1S/C14H26N4S/c1-5-15-13(16-8-9-18-14(2,3)4)17-11-12-7-6-10-19-12/h6-7,10,18H,5,8-9,11H2,1-4H3,(H2,15,16,17). The summed E-state index contributed by atoms with van der Waals surface area (Å²) in [5.41, 5.74) is 0.161. The van der Waals surface area contributed by atoms with E-state index in [4.69, 9.17) is 0 Å². The summed E-state index contributed by atoms with van der Waals surface area (Å²) in [6, 6.07) is 4.17. The van der Waals surface area contributed by atoms with Gasteiger partial charge in [0.05, 0.1) is 6.54 Å². The number of thiophene rings is 1. The normalized spacial score (nSPS) is 12.5. The largest absolute Gasteiger partial charge is 0.357 e. The lowest BCUT2D eigenvalue weighted by atomic mass is 10.1. The van der Waals surface area contributed by atoms with Crippen molar-refractivity contribution in [3.8, 4) is 0 Å². The van der Waals surface area contributed by atoms with Crippen molar-refractivity contribution < 1.29 is 0 Å². The summed E-state index contributed by atoms with van der Waals surface area (Å²) in [4.78, 5) is 5.85. The van der Waals surface area contributed by atoms with Crippen LogP contribution in [0.25, 0.3) is 0 Å². The molecule has 3 N–H and O–H groups in total. The summed E-state index contributed by atoms with van der Waals surface area (Å²) < 4.78 is 0. The van der Waals surface area contributed by atoms with Gasteiger partial charge in [-0.3, -0.25) is 0 Å². The highest BCUT2D eigenvalue weighted by atomic mass is 32.1. The van der Waals surface area contributed by atoms with Crippen molar-refractivity contribution in [2.45, 2.75) is 39.8 Å². The molecule has 0 bridgehead atoms. The SMILES string of the molecule is CCNC(=NCc1cccs1)NCCNC(C)(C)C. The molecule has 108 valence electrons. The van der Waals surface area contributed by atoms with E-state index in [9.17, 15) is 0 Å². The number of aliphatic imine (C=N–C) groups is 1. The Labute approximate surface area is 120 Å². The summed E-state index contributed by atoms with van der Waals surface area (Å²) in [6.07, 6.45) is 0. The molecule has 1 heterocycles. The zero-order valence-corrected chi connectivity index (χ0v) is 13.2. The lowest BCUT2D eigenvalue weighted by molar-refractivity contribution is 0.428. The van der Waals surface area contributed by atoms with Crippen LogP contribution in [0.1, 0.15) is 32.6 Å². The fourth-order valence-corrected chi connectivity index (χ4v) is 2.15. The average molecular weight is 282 g/mol. The van der Waals surface area contributed by atoms with Crippen LogP contribution in [0, 0.1) is 0 Å². The highest BCUT2D eigenvalue weighted by Gasteiger charge is 2.07. The van der Waals surface area contributed by atoms with E-state index in [1.807, 2.05) is 0 Å². The molecule has 0 unspecified atom stereocenters. The van der Waals surface area contributed by atoms with Crippen molar-refractivity contribution >= 4 is 17.3 Å². The van der Waals surface area contributed by atoms with E-state index in [2.05, 4.69) is 66.2 Å². The van der Waals surface area contributed by atoms with Crippen LogP contribution in [-0.2, 0) is 6.54 Å². The molecule has 0 radical (unpaired) electrons. The Bertz CT molecular complexity index is 365. The van der Waals surface area contributed by atoms with Crippen LogP contribution in [0.15, 0.2) is 22.5 Å². The lowest BCUT2D eigenvalue weighted by Gasteiger charge is -2.21. The van der Waals surface area contributed by atoms with E-state index in [-0.39, 0.29) is 5.54 Å². The molecule has 0 saturated carbocycles. The van der Waals surface area contributed by atoms with Gasteiger partial charge in [-0.25, -0.2) is 4.99 Å². The molecule has 1 aromatic rings. The van der Waals surface area contributed by atoms with Crippen LogP contribution in [0.4, 0.5) is 0 Å². The summed E-state index contributed by atoms with van der Waals surface area (Å²) in [5, 5.41) is 12.1. The maximum absolute atomic E-state index is 4.57. The van der Waals surface area contributed by atoms with Crippen molar-refractivity contribution in [3.63, 3.8) is 0 Å². The zero-order chi connectivity index (χ0) is 14.1. The molecule has 0 saturated heterocycles. The van der Waals surface area contributed by atoms with Gasteiger partial charge in [-0.2, -0.15) is 0 Å². The molecular formula is C14H26N4S. The van der Waals surface area contributed by atoms with E-state index in [0.29, 0.717) is 0 Å². The van der Waals surface area contributed by atoms with Gasteiger partial charge in [0.1, 0.15) is 0 Å². The second-order valence-corrected chi connectivity index (χ2v) is 6.41. The van der Waals surface area contributed by atoms with Gasteiger partial charge >= 0.3 is 0 Å². The molecule has 0 amide bonds. The van der Waals surface area contributed by atoms with Gasteiger partial charge in [0.25, 0.3) is 0 Å². The molecule has 4 nitrogen and oxygen atoms in total. The second-order valence-electron chi connectivity index (χ2n) is 5.38. The van der Waals surface area contributed by atoms with E-state index in [1.54, 1.807) is 11.3 Å².